The number of hydrogen-bond acceptors (Lipinski definition) is 4. The Bertz CT molecular complexity index is 886. The highest BCUT2D eigenvalue weighted by atomic mass is 32.1. The Morgan fingerprint density at radius 3 is 2.75 bits per heavy atom. The number of benzene rings is 1. The van der Waals surface area contributed by atoms with Crippen LogP contribution in [0.2, 0.25) is 0 Å². The van der Waals surface area contributed by atoms with Crippen molar-refractivity contribution in [2.24, 2.45) is 0 Å². The van der Waals surface area contributed by atoms with E-state index in [1.165, 1.54) is 11.3 Å². The average molecular weight is 340 g/mol. The number of aromatic nitrogens is 1. The minimum Gasteiger partial charge on any atom is -0.329 e. The number of urea groups is 1. The largest absolute Gasteiger partial charge is 0.329 e. The zero-order chi connectivity index (χ0) is 16.9. The standard InChI is InChI=1S/C17H16N4O2S/c1-11-7-8-16(24-11)21-17(23)19-10-15(22)20-14-6-2-5-13-12(14)4-3-9-18-13/h2-9H,10H2,1H3,(H,20,22)(H2,19,21,23). The predicted octanol–water partition coefficient (Wildman–Crippen LogP) is 3.36. The fraction of sp³-hybridized carbons (Fsp3) is 0.118. The molecule has 0 aliphatic rings. The van der Waals surface area contributed by atoms with Gasteiger partial charge in [-0.3, -0.25) is 15.1 Å². The first-order valence-electron chi connectivity index (χ1n) is 7.37. The number of thiophene rings is 1. The molecule has 0 aliphatic heterocycles. The summed E-state index contributed by atoms with van der Waals surface area (Å²) >= 11 is 1.47. The summed E-state index contributed by atoms with van der Waals surface area (Å²) in [7, 11) is 0. The fourth-order valence-corrected chi connectivity index (χ4v) is 2.99. The van der Waals surface area contributed by atoms with Crippen molar-refractivity contribution in [1.82, 2.24) is 10.3 Å². The molecule has 0 radical (unpaired) electrons. The van der Waals surface area contributed by atoms with Gasteiger partial charge in [-0.1, -0.05) is 6.07 Å². The van der Waals surface area contributed by atoms with Crippen molar-refractivity contribution >= 4 is 44.9 Å². The molecular weight excluding hydrogens is 324 g/mol. The van der Waals surface area contributed by atoms with E-state index in [9.17, 15) is 9.59 Å². The Balaban J connectivity index is 1.56. The summed E-state index contributed by atoms with van der Waals surface area (Å²) in [4.78, 5) is 29.2. The summed E-state index contributed by atoms with van der Waals surface area (Å²) in [6.45, 7) is 1.84. The highest BCUT2D eigenvalue weighted by Crippen LogP contribution is 2.21. The quantitative estimate of drug-likeness (QED) is 0.681. The number of rotatable bonds is 4. The van der Waals surface area contributed by atoms with Gasteiger partial charge in [0.15, 0.2) is 0 Å². The number of pyridine rings is 1. The van der Waals surface area contributed by atoms with Crippen LogP contribution in [0.3, 0.4) is 0 Å². The number of nitrogens with zero attached hydrogens (tertiary/aromatic N) is 1. The zero-order valence-electron chi connectivity index (χ0n) is 13.0. The molecule has 2 heterocycles. The van der Waals surface area contributed by atoms with Gasteiger partial charge in [-0.05, 0) is 43.3 Å². The Morgan fingerprint density at radius 2 is 1.96 bits per heavy atom. The number of amides is 3. The molecule has 3 aromatic rings. The molecule has 1 aromatic carbocycles. The van der Waals surface area contributed by atoms with Crippen molar-refractivity contribution in [2.45, 2.75) is 6.92 Å². The molecule has 3 N–H and O–H groups in total. The van der Waals surface area contributed by atoms with Crippen LogP contribution in [-0.2, 0) is 4.79 Å². The van der Waals surface area contributed by atoms with Gasteiger partial charge in [0, 0.05) is 16.5 Å². The first-order chi connectivity index (χ1) is 11.6. The van der Waals surface area contributed by atoms with E-state index in [2.05, 4.69) is 20.9 Å². The molecule has 7 heteroatoms. The molecule has 122 valence electrons. The van der Waals surface area contributed by atoms with Crippen LogP contribution in [0, 0.1) is 6.92 Å². The van der Waals surface area contributed by atoms with Gasteiger partial charge in [-0.25, -0.2) is 4.79 Å². The van der Waals surface area contributed by atoms with Crippen molar-refractivity contribution in [1.29, 1.82) is 0 Å². The van der Waals surface area contributed by atoms with Crippen LogP contribution in [0.4, 0.5) is 15.5 Å². The first-order valence-corrected chi connectivity index (χ1v) is 8.18. The summed E-state index contributed by atoms with van der Waals surface area (Å²) in [5.41, 5.74) is 1.47. The van der Waals surface area contributed by atoms with E-state index >= 15 is 0 Å². The van der Waals surface area contributed by atoms with Crippen molar-refractivity contribution < 1.29 is 9.59 Å². The highest BCUT2D eigenvalue weighted by molar-refractivity contribution is 7.16. The summed E-state index contributed by atoms with van der Waals surface area (Å²) in [5.74, 6) is -0.302. The highest BCUT2D eigenvalue weighted by Gasteiger charge is 2.09. The van der Waals surface area contributed by atoms with E-state index in [0.717, 1.165) is 20.8 Å². The van der Waals surface area contributed by atoms with E-state index in [1.807, 2.05) is 43.3 Å². The number of fused-ring (bicyclic) bond motifs is 1. The summed E-state index contributed by atoms with van der Waals surface area (Å²) in [5, 5.41) is 9.61. The third-order valence-electron chi connectivity index (χ3n) is 3.31. The molecule has 3 rings (SSSR count). The van der Waals surface area contributed by atoms with Crippen LogP contribution in [0.25, 0.3) is 10.9 Å². The van der Waals surface area contributed by atoms with Gasteiger partial charge in [-0.2, -0.15) is 0 Å². The van der Waals surface area contributed by atoms with Gasteiger partial charge in [0.2, 0.25) is 5.91 Å². The second-order valence-corrected chi connectivity index (χ2v) is 6.43. The summed E-state index contributed by atoms with van der Waals surface area (Å²) in [6.07, 6.45) is 1.70. The molecular formula is C17H16N4O2S. The molecule has 2 aromatic heterocycles. The van der Waals surface area contributed by atoms with Crippen LogP contribution in [0.1, 0.15) is 4.88 Å². The molecule has 0 saturated heterocycles. The topological polar surface area (TPSA) is 83.1 Å². The minimum absolute atomic E-state index is 0.118. The lowest BCUT2D eigenvalue weighted by atomic mass is 10.2. The Morgan fingerprint density at radius 1 is 1.08 bits per heavy atom. The van der Waals surface area contributed by atoms with Crippen LogP contribution in [-0.4, -0.2) is 23.5 Å². The van der Waals surface area contributed by atoms with Crippen LogP contribution in [0.5, 0.6) is 0 Å². The van der Waals surface area contributed by atoms with E-state index in [4.69, 9.17) is 0 Å². The van der Waals surface area contributed by atoms with Gasteiger partial charge in [0.25, 0.3) is 0 Å². The third kappa shape index (κ3) is 3.88. The number of hydrogen-bond donors (Lipinski definition) is 3. The second kappa shape index (κ2) is 7.10. The number of aryl methyl sites for hydroxylation is 1. The smallest absolute Gasteiger partial charge is 0.320 e. The number of carbonyl (C=O) groups is 2. The van der Waals surface area contributed by atoms with Crippen LogP contribution in [0.15, 0.2) is 48.7 Å². The molecule has 0 bridgehead atoms. The van der Waals surface area contributed by atoms with Crippen molar-refractivity contribution in [3.05, 3.63) is 53.5 Å². The predicted molar refractivity (Wildman–Crippen MR) is 96.5 cm³/mol. The van der Waals surface area contributed by atoms with Crippen molar-refractivity contribution in [3.63, 3.8) is 0 Å². The Labute approximate surface area is 142 Å². The molecule has 0 aliphatic carbocycles. The van der Waals surface area contributed by atoms with E-state index in [1.54, 1.807) is 12.3 Å². The first kappa shape index (κ1) is 15.9. The SMILES string of the molecule is Cc1ccc(NC(=O)NCC(=O)Nc2cccc3ncccc23)s1. The molecule has 3 amide bonds. The van der Waals surface area contributed by atoms with Gasteiger partial charge in [0.05, 0.1) is 22.7 Å². The molecule has 0 fully saturated rings. The van der Waals surface area contributed by atoms with Crippen molar-refractivity contribution in [2.75, 3.05) is 17.2 Å². The maximum atomic E-state index is 12.0. The monoisotopic (exact) mass is 340 g/mol. The lowest BCUT2D eigenvalue weighted by molar-refractivity contribution is -0.115. The maximum Gasteiger partial charge on any atom is 0.320 e. The molecule has 0 atom stereocenters. The van der Waals surface area contributed by atoms with Crippen LogP contribution < -0.4 is 16.0 Å². The average Bonchev–Trinajstić information content (AvgIpc) is 2.98. The Hall–Kier alpha value is -2.93. The van der Waals surface area contributed by atoms with Gasteiger partial charge in [-0.15, -0.1) is 11.3 Å². The maximum absolute atomic E-state index is 12.0. The fourth-order valence-electron chi connectivity index (χ4n) is 2.23. The minimum atomic E-state index is -0.411. The van der Waals surface area contributed by atoms with E-state index in [-0.39, 0.29) is 12.5 Å². The van der Waals surface area contributed by atoms with Crippen LogP contribution >= 0.6 is 11.3 Å². The zero-order valence-corrected chi connectivity index (χ0v) is 13.8. The second-order valence-electron chi connectivity index (χ2n) is 5.14. The van der Waals surface area contributed by atoms with Gasteiger partial charge in [0.1, 0.15) is 0 Å². The lowest BCUT2D eigenvalue weighted by Gasteiger charge is -2.09. The van der Waals surface area contributed by atoms with Gasteiger partial charge < -0.3 is 10.6 Å². The van der Waals surface area contributed by atoms with Gasteiger partial charge >= 0.3 is 6.03 Å². The molecule has 0 unspecified atom stereocenters. The van der Waals surface area contributed by atoms with E-state index < -0.39 is 6.03 Å². The third-order valence-corrected chi connectivity index (χ3v) is 4.22. The van der Waals surface area contributed by atoms with Crippen molar-refractivity contribution in [3.8, 4) is 0 Å². The summed E-state index contributed by atoms with van der Waals surface area (Å²) in [6, 6.07) is 12.5. The summed E-state index contributed by atoms with van der Waals surface area (Å²) < 4.78 is 0. The molecule has 24 heavy (non-hydrogen) atoms. The number of nitrogens with one attached hydrogen (secondary N) is 3. The number of anilines is 2. The number of carbonyl (C=O) groups excluding carboxylic acids is 2. The molecule has 0 saturated carbocycles. The van der Waals surface area contributed by atoms with E-state index in [0.29, 0.717) is 5.69 Å². The molecule has 6 nitrogen and oxygen atoms in total. The normalized spacial score (nSPS) is 10.4. The Kier molecular flexibility index (Phi) is 4.72. The lowest BCUT2D eigenvalue weighted by Crippen LogP contribution is -2.35. The molecule has 0 spiro atoms.